The molecule has 5 heteroatoms. The van der Waals surface area contributed by atoms with Gasteiger partial charge in [-0.3, -0.25) is 0 Å². The maximum absolute atomic E-state index is 11.9. The highest BCUT2D eigenvalue weighted by molar-refractivity contribution is 7.80. The van der Waals surface area contributed by atoms with E-state index in [2.05, 4.69) is 55.7 Å². The van der Waals surface area contributed by atoms with Gasteiger partial charge in [0, 0.05) is 0 Å². The van der Waals surface area contributed by atoms with Crippen molar-refractivity contribution in [2.75, 3.05) is 7.11 Å². The Morgan fingerprint density at radius 1 is 1.38 bits per heavy atom. The van der Waals surface area contributed by atoms with Gasteiger partial charge in [-0.1, -0.05) is 43.2 Å². The number of esters is 1. The van der Waals surface area contributed by atoms with Crippen LogP contribution in [-0.2, 0) is 4.74 Å². The van der Waals surface area contributed by atoms with Crippen molar-refractivity contribution in [2.45, 2.75) is 37.9 Å². The van der Waals surface area contributed by atoms with E-state index in [1.165, 1.54) is 18.9 Å². The first kappa shape index (κ1) is 15.6. The highest BCUT2D eigenvalue weighted by Crippen LogP contribution is 2.28. The van der Waals surface area contributed by atoms with Gasteiger partial charge in [0.15, 0.2) is 5.16 Å². The van der Waals surface area contributed by atoms with Crippen LogP contribution in [0.1, 0.15) is 47.4 Å². The molecule has 0 aliphatic heterocycles. The fraction of sp³-hybridized carbons (Fsp3) is 0.375. The molecule has 1 aromatic heterocycles. The smallest absolute Gasteiger partial charge is 0.356 e. The number of hydrogen-bond acceptors (Lipinski definition) is 4. The molecule has 0 fully saturated rings. The number of aromatic nitrogens is 2. The zero-order chi connectivity index (χ0) is 15.4. The summed E-state index contributed by atoms with van der Waals surface area (Å²) in [6.45, 7) is 4.17. The number of rotatable bonds is 5. The van der Waals surface area contributed by atoms with Crippen LogP contribution in [0.4, 0.5) is 0 Å². The standard InChI is InChI=1S/C16H20N2O2S/c1-4-5-13(12-8-6-11(2)7-9-12)18-14(15(19)20-3)10-17-16(18)21/h6-10,13H,4-5H2,1-3H3,(H,17,21). The number of imidazole rings is 1. The van der Waals surface area contributed by atoms with Gasteiger partial charge in [-0.15, -0.1) is 12.6 Å². The summed E-state index contributed by atoms with van der Waals surface area (Å²) in [4.78, 5) is 16.1. The van der Waals surface area contributed by atoms with E-state index in [4.69, 9.17) is 4.74 Å². The molecule has 1 heterocycles. The van der Waals surface area contributed by atoms with E-state index in [1.54, 1.807) is 0 Å². The second-order valence-electron chi connectivity index (χ2n) is 5.02. The summed E-state index contributed by atoms with van der Waals surface area (Å²) in [5, 5.41) is 0.523. The molecule has 0 aliphatic rings. The molecule has 2 rings (SSSR count). The predicted octanol–water partition coefficient (Wildman–Crippen LogP) is 3.66. The molecule has 1 aromatic carbocycles. The third kappa shape index (κ3) is 3.29. The molecule has 1 unspecified atom stereocenters. The molecule has 0 N–H and O–H groups in total. The van der Waals surface area contributed by atoms with Gasteiger partial charge >= 0.3 is 5.97 Å². The highest BCUT2D eigenvalue weighted by atomic mass is 32.1. The maximum Gasteiger partial charge on any atom is 0.356 e. The number of carbonyl (C=O) groups is 1. The normalized spacial score (nSPS) is 12.2. The third-order valence-corrected chi connectivity index (χ3v) is 3.84. The van der Waals surface area contributed by atoms with E-state index in [-0.39, 0.29) is 6.04 Å². The van der Waals surface area contributed by atoms with E-state index < -0.39 is 5.97 Å². The van der Waals surface area contributed by atoms with Gasteiger partial charge in [0.2, 0.25) is 0 Å². The van der Waals surface area contributed by atoms with Gasteiger partial charge in [-0.2, -0.15) is 0 Å². The molecule has 0 radical (unpaired) electrons. The Hall–Kier alpha value is -1.75. The van der Waals surface area contributed by atoms with Crippen LogP contribution in [-0.4, -0.2) is 22.6 Å². The first-order valence-electron chi connectivity index (χ1n) is 6.99. The fourth-order valence-electron chi connectivity index (χ4n) is 2.42. The van der Waals surface area contributed by atoms with Gasteiger partial charge in [0.1, 0.15) is 5.69 Å². The van der Waals surface area contributed by atoms with Crippen molar-refractivity contribution in [2.24, 2.45) is 0 Å². The van der Waals surface area contributed by atoms with E-state index in [0.717, 1.165) is 18.4 Å². The van der Waals surface area contributed by atoms with Crippen LogP contribution in [0, 0.1) is 6.92 Å². The van der Waals surface area contributed by atoms with Gasteiger partial charge in [0.25, 0.3) is 0 Å². The zero-order valence-electron chi connectivity index (χ0n) is 12.5. The van der Waals surface area contributed by atoms with Crippen molar-refractivity contribution in [1.82, 2.24) is 9.55 Å². The van der Waals surface area contributed by atoms with Crippen molar-refractivity contribution < 1.29 is 9.53 Å². The van der Waals surface area contributed by atoms with Gasteiger partial charge in [-0.25, -0.2) is 9.78 Å². The monoisotopic (exact) mass is 304 g/mol. The van der Waals surface area contributed by atoms with E-state index >= 15 is 0 Å². The number of ether oxygens (including phenoxy) is 1. The van der Waals surface area contributed by atoms with Crippen LogP contribution in [0.25, 0.3) is 0 Å². The van der Waals surface area contributed by atoms with Crippen LogP contribution < -0.4 is 0 Å². The van der Waals surface area contributed by atoms with Crippen molar-refractivity contribution in [3.63, 3.8) is 0 Å². The molecule has 4 nitrogen and oxygen atoms in total. The summed E-state index contributed by atoms with van der Waals surface area (Å²) >= 11 is 4.40. The summed E-state index contributed by atoms with van der Waals surface area (Å²) < 4.78 is 6.69. The summed E-state index contributed by atoms with van der Waals surface area (Å²) in [6, 6.07) is 8.35. The average molecular weight is 304 g/mol. The minimum absolute atomic E-state index is 0.0275. The Morgan fingerprint density at radius 3 is 2.62 bits per heavy atom. The molecule has 0 saturated carbocycles. The van der Waals surface area contributed by atoms with E-state index in [1.807, 2.05) is 4.57 Å². The number of thiol groups is 1. The number of carbonyl (C=O) groups excluding carboxylic acids is 1. The lowest BCUT2D eigenvalue weighted by Gasteiger charge is -2.21. The Morgan fingerprint density at radius 2 is 2.05 bits per heavy atom. The molecule has 2 aromatic rings. The zero-order valence-corrected chi connectivity index (χ0v) is 13.4. The summed E-state index contributed by atoms with van der Waals surface area (Å²) in [5.74, 6) is -0.393. The quantitative estimate of drug-likeness (QED) is 0.677. The van der Waals surface area contributed by atoms with Crippen LogP contribution in [0.5, 0.6) is 0 Å². The lowest BCUT2D eigenvalue weighted by Crippen LogP contribution is -2.18. The number of hydrogen-bond donors (Lipinski definition) is 1. The minimum atomic E-state index is -0.393. The Labute approximate surface area is 130 Å². The second-order valence-corrected chi connectivity index (χ2v) is 5.42. The van der Waals surface area contributed by atoms with E-state index in [9.17, 15) is 4.79 Å². The average Bonchev–Trinajstić information content (AvgIpc) is 2.87. The summed E-state index contributed by atoms with van der Waals surface area (Å²) in [7, 11) is 1.37. The summed E-state index contributed by atoms with van der Waals surface area (Å²) in [6.07, 6.45) is 3.41. The van der Waals surface area contributed by atoms with Gasteiger partial charge in [-0.05, 0) is 18.9 Å². The number of benzene rings is 1. The SMILES string of the molecule is CCCC(c1ccc(C)cc1)n1c(C(=O)OC)cnc1S. The van der Waals surface area contributed by atoms with Crippen LogP contribution >= 0.6 is 12.6 Å². The molecule has 0 amide bonds. The molecule has 21 heavy (non-hydrogen) atoms. The second kappa shape index (κ2) is 6.80. The number of nitrogens with zero attached hydrogens (tertiary/aromatic N) is 2. The number of methoxy groups -OCH3 is 1. The third-order valence-electron chi connectivity index (χ3n) is 3.51. The molecule has 1 atom stereocenters. The first-order chi connectivity index (χ1) is 10.1. The van der Waals surface area contributed by atoms with Gasteiger partial charge < -0.3 is 9.30 Å². The molecule has 0 spiro atoms. The van der Waals surface area contributed by atoms with Crippen LogP contribution in [0.3, 0.4) is 0 Å². The molecule has 0 saturated heterocycles. The first-order valence-corrected chi connectivity index (χ1v) is 7.44. The van der Waals surface area contributed by atoms with Crippen molar-refractivity contribution in [3.8, 4) is 0 Å². The predicted molar refractivity (Wildman–Crippen MR) is 85.0 cm³/mol. The van der Waals surface area contributed by atoms with E-state index in [0.29, 0.717) is 10.9 Å². The van der Waals surface area contributed by atoms with Crippen molar-refractivity contribution in [1.29, 1.82) is 0 Å². The lowest BCUT2D eigenvalue weighted by atomic mass is 10.0. The van der Waals surface area contributed by atoms with Crippen molar-refractivity contribution >= 4 is 18.6 Å². The fourth-order valence-corrected chi connectivity index (χ4v) is 2.73. The highest BCUT2D eigenvalue weighted by Gasteiger charge is 2.23. The van der Waals surface area contributed by atoms with Gasteiger partial charge in [0.05, 0.1) is 19.3 Å². The van der Waals surface area contributed by atoms with Crippen LogP contribution in [0.15, 0.2) is 35.6 Å². The molecular formula is C16H20N2O2S. The molecule has 112 valence electrons. The Bertz CT molecular complexity index is 620. The lowest BCUT2D eigenvalue weighted by molar-refractivity contribution is 0.0585. The Kier molecular flexibility index (Phi) is 5.07. The summed E-state index contributed by atoms with van der Waals surface area (Å²) in [5.41, 5.74) is 2.78. The minimum Gasteiger partial charge on any atom is -0.464 e. The molecular weight excluding hydrogens is 284 g/mol. The largest absolute Gasteiger partial charge is 0.464 e. The number of aryl methyl sites for hydroxylation is 1. The topological polar surface area (TPSA) is 44.1 Å². The Balaban J connectivity index is 2.50. The molecule has 0 aliphatic carbocycles. The molecule has 0 bridgehead atoms. The maximum atomic E-state index is 11.9. The van der Waals surface area contributed by atoms with Crippen molar-refractivity contribution in [3.05, 3.63) is 47.3 Å². The van der Waals surface area contributed by atoms with Crippen LogP contribution in [0.2, 0.25) is 0 Å².